The minimum absolute atomic E-state index is 0.0868. The Kier molecular flexibility index (Phi) is 4.73. The molecule has 0 aliphatic carbocycles. The van der Waals surface area contributed by atoms with Crippen LogP contribution in [0.2, 0.25) is 0 Å². The SMILES string of the molecule is Cn1cc(S(=O)(=O)N2CCOCC2)cc1C(=O)ON1C(=O)c2ccccc2C1=O. The van der Waals surface area contributed by atoms with E-state index >= 15 is 0 Å². The van der Waals surface area contributed by atoms with Gasteiger partial charge in [0.15, 0.2) is 0 Å². The Morgan fingerprint density at radius 1 is 1.07 bits per heavy atom. The zero-order chi connectivity index (χ0) is 20.8. The number of aromatic nitrogens is 1. The van der Waals surface area contributed by atoms with Gasteiger partial charge < -0.3 is 14.1 Å². The molecule has 0 bridgehead atoms. The van der Waals surface area contributed by atoms with E-state index in [9.17, 15) is 22.8 Å². The lowest BCUT2D eigenvalue weighted by atomic mass is 10.1. The molecule has 0 spiro atoms. The van der Waals surface area contributed by atoms with E-state index in [1.54, 1.807) is 12.1 Å². The number of hydroxylamine groups is 2. The van der Waals surface area contributed by atoms with Crippen LogP contribution < -0.4 is 0 Å². The van der Waals surface area contributed by atoms with Crippen molar-refractivity contribution >= 4 is 27.8 Å². The van der Waals surface area contributed by atoms with Crippen molar-refractivity contribution in [2.45, 2.75) is 4.90 Å². The van der Waals surface area contributed by atoms with Gasteiger partial charge in [0.1, 0.15) is 10.6 Å². The Bertz CT molecular complexity index is 1080. The van der Waals surface area contributed by atoms with Gasteiger partial charge in [-0.15, -0.1) is 0 Å². The van der Waals surface area contributed by atoms with E-state index in [1.165, 1.54) is 34.2 Å². The number of aryl methyl sites for hydroxylation is 1. The summed E-state index contributed by atoms with van der Waals surface area (Å²) in [6.07, 6.45) is 1.28. The number of ether oxygens (including phenoxy) is 1. The molecule has 2 amide bonds. The summed E-state index contributed by atoms with van der Waals surface area (Å²) < 4.78 is 33.2. The molecule has 3 heterocycles. The van der Waals surface area contributed by atoms with Crippen molar-refractivity contribution in [1.29, 1.82) is 0 Å². The number of rotatable bonds is 4. The minimum atomic E-state index is -3.81. The van der Waals surface area contributed by atoms with E-state index in [1.807, 2.05) is 0 Å². The highest BCUT2D eigenvalue weighted by Crippen LogP contribution is 2.25. The molecule has 2 aliphatic heterocycles. The van der Waals surface area contributed by atoms with E-state index < -0.39 is 27.8 Å². The quantitative estimate of drug-likeness (QED) is 0.660. The number of nitrogens with zero attached hydrogens (tertiary/aromatic N) is 3. The molecule has 152 valence electrons. The molecule has 0 saturated carbocycles. The second kappa shape index (κ2) is 7.10. The van der Waals surface area contributed by atoms with Crippen LogP contribution in [0.1, 0.15) is 31.2 Å². The summed E-state index contributed by atoms with van der Waals surface area (Å²) >= 11 is 0. The zero-order valence-corrected chi connectivity index (χ0v) is 16.2. The van der Waals surface area contributed by atoms with Gasteiger partial charge in [-0.3, -0.25) is 9.59 Å². The van der Waals surface area contributed by atoms with Crippen LogP contribution in [0.15, 0.2) is 41.4 Å². The van der Waals surface area contributed by atoms with Crippen LogP contribution in [0.3, 0.4) is 0 Å². The van der Waals surface area contributed by atoms with Crippen molar-refractivity contribution < 1.29 is 32.4 Å². The van der Waals surface area contributed by atoms with Gasteiger partial charge in [-0.1, -0.05) is 17.2 Å². The van der Waals surface area contributed by atoms with Gasteiger partial charge in [0.25, 0.3) is 11.8 Å². The Hall–Kier alpha value is -3.02. The number of hydrogen-bond acceptors (Lipinski definition) is 7. The molecular weight excluding hydrogens is 402 g/mol. The molecule has 11 heteroatoms. The zero-order valence-electron chi connectivity index (χ0n) is 15.4. The first-order chi connectivity index (χ1) is 13.8. The maximum absolute atomic E-state index is 12.8. The molecule has 1 fully saturated rings. The molecule has 29 heavy (non-hydrogen) atoms. The lowest BCUT2D eigenvalue weighted by Crippen LogP contribution is -2.40. The summed E-state index contributed by atoms with van der Waals surface area (Å²) in [7, 11) is -2.34. The molecular formula is C18H17N3O7S. The maximum atomic E-state index is 12.8. The van der Waals surface area contributed by atoms with Crippen LogP contribution >= 0.6 is 0 Å². The first kappa shape index (κ1) is 19.3. The number of sulfonamides is 1. The number of benzene rings is 1. The number of amides is 2. The van der Waals surface area contributed by atoms with Crippen LogP contribution in [0, 0.1) is 0 Å². The van der Waals surface area contributed by atoms with E-state index in [4.69, 9.17) is 9.57 Å². The highest BCUT2D eigenvalue weighted by molar-refractivity contribution is 7.89. The van der Waals surface area contributed by atoms with E-state index in [2.05, 4.69) is 0 Å². The summed E-state index contributed by atoms with van der Waals surface area (Å²) in [5, 5.41) is 0.385. The Labute approximate surface area is 166 Å². The Morgan fingerprint density at radius 2 is 1.66 bits per heavy atom. The van der Waals surface area contributed by atoms with Gasteiger partial charge in [-0.05, 0) is 18.2 Å². The third kappa shape index (κ3) is 3.22. The fourth-order valence-electron chi connectivity index (χ4n) is 3.19. The second-order valence-electron chi connectivity index (χ2n) is 6.52. The standard InChI is InChI=1S/C18H17N3O7S/c1-19-11-12(29(25,26)20-6-8-27-9-7-20)10-15(19)18(24)28-21-16(22)13-4-2-3-5-14(13)17(21)23/h2-5,10-11H,6-9H2,1H3. The average molecular weight is 419 g/mol. The third-order valence-corrected chi connectivity index (χ3v) is 6.59. The minimum Gasteiger partial charge on any atom is -0.379 e. The summed E-state index contributed by atoms with van der Waals surface area (Å²) in [6.45, 7) is 1.01. The van der Waals surface area contributed by atoms with Crippen LogP contribution in [-0.4, -0.2) is 66.4 Å². The Balaban J connectivity index is 1.56. The van der Waals surface area contributed by atoms with Crippen LogP contribution in [0.4, 0.5) is 0 Å². The predicted octanol–water partition coefficient (Wildman–Crippen LogP) is 0.414. The number of hydrogen-bond donors (Lipinski definition) is 0. The smallest absolute Gasteiger partial charge is 0.379 e. The van der Waals surface area contributed by atoms with Gasteiger partial charge in [0, 0.05) is 26.3 Å². The lowest BCUT2D eigenvalue weighted by Gasteiger charge is -2.25. The van der Waals surface area contributed by atoms with Gasteiger partial charge >= 0.3 is 5.97 Å². The van der Waals surface area contributed by atoms with Gasteiger partial charge in [0.2, 0.25) is 10.0 Å². The molecule has 0 atom stereocenters. The highest BCUT2D eigenvalue weighted by atomic mass is 32.2. The normalized spacial score (nSPS) is 17.5. The largest absolute Gasteiger partial charge is 0.380 e. The Morgan fingerprint density at radius 3 is 2.24 bits per heavy atom. The number of carbonyl (C=O) groups excluding carboxylic acids is 3. The summed E-state index contributed by atoms with van der Waals surface area (Å²) in [6, 6.07) is 7.26. The fourth-order valence-corrected chi connectivity index (χ4v) is 4.67. The number of imide groups is 1. The van der Waals surface area contributed by atoms with E-state index in [-0.39, 0.29) is 34.8 Å². The summed E-state index contributed by atoms with van der Waals surface area (Å²) in [5.74, 6) is -2.53. The monoisotopic (exact) mass is 419 g/mol. The molecule has 0 N–H and O–H groups in total. The van der Waals surface area contributed by atoms with Crippen molar-refractivity contribution in [1.82, 2.24) is 13.9 Å². The fraction of sp³-hybridized carbons (Fsp3) is 0.278. The van der Waals surface area contributed by atoms with Crippen molar-refractivity contribution in [3.8, 4) is 0 Å². The topological polar surface area (TPSA) is 115 Å². The highest BCUT2D eigenvalue weighted by Gasteiger charge is 2.39. The van der Waals surface area contributed by atoms with Gasteiger partial charge in [-0.2, -0.15) is 4.31 Å². The van der Waals surface area contributed by atoms with Crippen molar-refractivity contribution in [2.75, 3.05) is 26.3 Å². The second-order valence-corrected chi connectivity index (χ2v) is 8.46. The van der Waals surface area contributed by atoms with Crippen molar-refractivity contribution in [2.24, 2.45) is 7.05 Å². The van der Waals surface area contributed by atoms with Gasteiger partial charge in [0.05, 0.1) is 24.3 Å². The predicted molar refractivity (Wildman–Crippen MR) is 97.3 cm³/mol. The average Bonchev–Trinajstić information content (AvgIpc) is 3.23. The molecule has 1 saturated heterocycles. The number of morpholine rings is 1. The first-order valence-corrected chi connectivity index (χ1v) is 10.2. The maximum Gasteiger partial charge on any atom is 0.380 e. The molecule has 2 aromatic rings. The first-order valence-electron chi connectivity index (χ1n) is 8.75. The summed E-state index contributed by atoms with van der Waals surface area (Å²) in [4.78, 5) is 42.2. The van der Waals surface area contributed by atoms with Gasteiger partial charge in [-0.25, -0.2) is 13.2 Å². The van der Waals surface area contributed by atoms with E-state index in [0.29, 0.717) is 18.3 Å². The molecule has 1 aromatic carbocycles. The van der Waals surface area contributed by atoms with E-state index in [0.717, 1.165) is 6.07 Å². The summed E-state index contributed by atoms with van der Waals surface area (Å²) in [5.41, 5.74) is 0.147. The van der Waals surface area contributed by atoms with Crippen molar-refractivity contribution in [3.63, 3.8) is 0 Å². The molecule has 10 nitrogen and oxygen atoms in total. The van der Waals surface area contributed by atoms with Crippen molar-refractivity contribution in [3.05, 3.63) is 53.3 Å². The van der Waals surface area contributed by atoms with Crippen LogP contribution in [-0.2, 0) is 26.6 Å². The molecule has 0 radical (unpaired) electrons. The molecule has 4 rings (SSSR count). The number of carbonyl (C=O) groups is 3. The molecule has 1 aromatic heterocycles. The lowest BCUT2D eigenvalue weighted by molar-refractivity contribution is -0.0590. The molecule has 0 unspecified atom stereocenters. The van der Waals surface area contributed by atoms with Crippen LogP contribution in [0.5, 0.6) is 0 Å². The third-order valence-electron chi connectivity index (χ3n) is 4.73. The number of fused-ring (bicyclic) bond motifs is 1. The molecule has 2 aliphatic rings. The van der Waals surface area contributed by atoms with Crippen LogP contribution in [0.25, 0.3) is 0 Å².